The van der Waals surface area contributed by atoms with E-state index in [0.717, 1.165) is 0 Å². The van der Waals surface area contributed by atoms with E-state index in [-0.39, 0.29) is 33.8 Å². The summed E-state index contributed by atoms with van der Waals surface area (Å²) >= 11 is 17.8. The summed E-state index contributed by atoms with van der Waals surface area (Å²) in [4.78, 5) is 3.86. The van der Waals surface area contributed by atoms with E-state index in [1.807, 2.05) is 6.07 Å². The molecule has 2 aromatic rings. The van der Waals surface area contributed by atoms with Crippen LogP contribution < -0.4 is 0 Å². The molecular weight excluding hydrogens is 449 g/mol. The average molecular weight is 465 g/mol. The number of aliphatic hydroxyl groups excluding tert-OH is 1. The first kappa shape index (κ1) is 22.8. The lowest BCUT2D eigenvalue weighted by Gasteiger charge is -2.20. The van der Waals surface area contributed by atoms with E-state index in [1.54, 1.807) is 0 Å². The molecule has 0 radical (unpaired) electrons. The Kier molecular flexibility index (Phi) is 8.04. The van der Waals surface area contributed by atoms with Gasteiger partial charge in [0.1, 0.15) is 34.1 Å². The molecule has 0 bridgehead atoms. The van der Waals surface area contributed by atoms with Crippen LogP contribution >= 0.6 is 34.8 Å². The summed E-state index contributed by atoms with van der Waals surface area (Å²) in [5, 5.41) is 36.7. The fourth-order valence-corrected chi connectivity index (χ4v) is 4.90. The lowest BCUT2D eigenvalue weighted by molar-refractivity contribution is -0.000502. The number of rotatable bonds is 3. The smallest absolute Gasteiger partial charge is 0.140 e. The highest BCUT2D eigenvalue weighted by Gasteiger charge is 2.39. The van der Waals surface area contributed by atoms with Gasteiger partial charge >= 0.3 is 0 Å². The Morgan fingerprint density at radius 1 is 1.29 bits per heavy atom. The van der Waals surface area contributed by atoms with Crippen LogP contribution in [-0.4, -0.2) is 54.1 Å². The Labute approximate surface area is 179 Å². The SMILES string of the molecule is N#Cc1ccc(O)cn1.O=S(c1c(Cl)cc(Cl)cc1Cl)N1CCC(O)(CO)C1. The molecule has 1 aliphatic heterocycles. The highest BCUT2D eigenvalue weighted by atomic mass is 35.5. The third-order valence-electron chi connectivity index (χ3n) is 3.83. The van der Waals surface area contributed by atoms with Crippen LogP contribution in [0.4, 0.5) is 0 Å². The second-order valence-electron chi connectivity index (χ2n) is 5.96. The van der Waals surface area contributed by atoms with Gasteiger partial charge in [0.05, 0.1) is 27.7 Å². The van der Waals surface area contributed by atoms with Gasteiger partial charge in [-0.1, -0.05) is 34.8 Å². The third kappa shape index (κ3) is 5.78. The van der Waals surface area contributed by atoms with E-state index < -0.39 is 16.6 Å². The van der Waals surface area contributed by atoms with Crippen LogP contribution in [0.25, 0.3) is 0 Å². The van der Waals surface area contributed by atoms with E-state index >= 15 is 0 Å². The lowest BCUT2D eigenvalue weighted by Crippen LogP contribution is -2.37. The van der Waals surface area contributed by atoms with Crippen molar-refractivity contribution in [2.45, 2.75) is 16.9 Å². The van der Waals surface area contributed by atoms with Crippen molar-refractivity contribution in [1.82, 2.24) is 9.29 Å². The van der Waals surface area contributed by atoms with Gasteiger partial charge in [-0.15, -0.1) is 0 Å². The van der Waals surface area contributed by atoms with E-state index in [2.05, 4.69) is 4.98 Å². The number of β-amino-alcohol motifs (C(OH)–C–C–N with tert-alkyl or cyclic N) is 1. The predicted octanol–water partition coefficient (Wildman–Crippen LogP) is 2.76. The molecule has 150 valence electrons. The largest absolute Gasteiger partial charge is 0.506 e. The first-order valence-corrected chi connectivity index (χ1v) is 10.1. The van der Waals surface area contributed by atoms with Gasteiger partial charge in [-0.2, -0.15) is 5.26 Å². The summed E-state index contributed by atoms with van der Waals surface area (Å²) in [6.07, 6.45) is 1.58. The minimum Gasteiger partial charge on any atom is -0.506 e. The Bertz CT molecular complexity index is 885. The number of halogens is 3. The van der Waals surface area contributed by atoms with E-state index in [4.69, 9.17) is 50.3 Å². The number of hydrogen-bond acceptors (Lipinski definition) is 6. The maximum atomic E-state index is 12.4. The molecule has 1 fully saturated rings. The maximum absolute atomic E-state index is 12.4. The van der Waals surface area contributed by atoms with E-state index in [1.165, 1.54) is 34.8 Å². The first-order valence-electron chi connectivity index (χ1n) is 7.89. The van der Waals surface area contributed by atoms with Crippen molar-refractivity contribution >= 4 is 45.8 Å². The van der Waals surface area contributed by atoms with E-state index in [9.17, 15) is 9.32 Å². The molecule has 1 aliphatic rings. The lowest BCUT2D eigenvalue weighted by atomic mass is 10.1. The molecular formula is C17H16Cl3N3O4S. The van der Waals surface area contributed by atoms with Crippen molar-refractivity contribution < 1.29 is 19.5 Å². The number of aromatic hydroxyl groups is 1. The van der Waals surface area contributed by atoms with Crippen LogP contribution in [0.1, 0.15) is 12.1 Å². The summed E-state index contributed by atoms with van der Waals surface area (Å²) in [7, 11) is -1.60. The second-order valence-corrected chi connectivity index (χ2v) is 8.63. The number of nitriles is 1. The van der Waals surface area contributed by atoms with Crippen LogP contribution in [-0.2, 0) is 11.0 Å². The van der Waals surface area contributed by atoms with Gasteiger partial charge in [-0.25, -0.2) is 13.5 Å². The minimum atomic E-state index is -1.60. The molecule has 1 saturated heterocycles. The zero-order valence-corrected chi connectivity index (χ0v) is 17.4. The number of aromatic nitrogens is 1. The summed E-state index contributed by atoms with van der Waals surface area (Å²) in [6, 6.07) is 7.65. The molecule has 0 saturated carbocycles. The number of pyridine rings is 1. The van der Waals surface area contributed by atoms with Gasteiger partial charge in [0.25, 0.3) is 0 Å². The van der Waals surface area contributed by atoms with Gasteiger partial charge in [0, 0.05) is 18.1 Å². The van der Waals surface area contributed by atoms with Crippen molar-refractivity contribution in [3.63, 3.8) is 0 Å². The Morgan fingerprint density at radius 3 is 2.39 bits per heavy atom. The summed E-state index contributed by atoms with van der Waals surface area (Å²) in [5.41, 5.74) is -0.908. The van der Waals surface area contributed by atoms with Crippen molar-refractivity contribution in [1.29, 1.82) is 5.26 Å². The van der Waals surface area contributed by atoms with Gasteiger partial charge in [-0.05, 0) is 30.7 Å². The number of aliphatic hydroxyl groups is 2. The normalized spacial score (nSPS) is 20.1. The second kappa shape index (κ2) is 9.85. The van der Waals surface area contributed by atoms with Crippen LogP contribution in [0, 0.1) is 11.3 Å². The molecule has 0 spiro atoms. The maximum Gasteiger partial charge on any atom is 0.140 e. The third-order valence-corrected chi connectivity index (χ3v) is 6.43. The Morgan fingerprint density at radius 2 is 1.93 bits per heavy atom. The van der Waals surface area contributed by atoms with Crippen molar-refractivity contribution in [3.8, 4) is 11.8 Å². The highest BCUT2D eigenvalue weighted by Crippen LogP contribution is 2.34. The molecule has 28 heavy (non-hydrogen) atoms. The quantitative estimate of drug-likeness (QED) is 0.643. The van der Waals surface area contributed by atoms with Crippen LogP contribution in [0.5, 0.6) is 5.75 Å². The van der Waals surface area contributed by atoms with Gasteiger partial charge < -0.3 is 15.3 Å². The molecule has 1 aromatic heterocycles. The molecule has 3 N–H and O–H groups in total. The highest BCUT2D eigenvalue weighted by molar-refractivity contribution is 7.83. The zero-order valence-electron chi connectivity index (χ0n) is 14.3. The van der Waals surface area contributed by atoms with E-state index in [0.29, 0.717) is 23.7 Å². The number of nitrogens with zero attached hydrogens (tertiary/aromatic N) is 3. The molecule has 2 heterocycles. The predicted molar refractivity (Wildman–Crippen MR) is 107 cm³/mol. The fourth-order valence-electron chi connectivity index (χ4n) is 2.37. The summed E-state index contributed by atoms with van der Waals surface area (Å²) < 4.78 is 14.0. The average Bonchev–Trinajstić information content (AvgIpc) is 3.05. The molecule has 7 nitrogen and oxygen atoms in total. The van der Waals surface area contributed by atoms with Gasteiger partial charge in [0.2, 0.25) is 0 Å². The van der Waals surface area contributed by atoms with Crippen LogP contribution in [0.3, 0.4) is 0 Å². The van der Waals surface area contributed by atoms with Gasteiger partial charge in [-0.3, -0.25) is 0 Å². The van der Waals surface area contributed by atoms with Crippen molar-refractivity contribution in [2.75, 3.05) is 19.7 Å². The molecule has 0 amide bonds. The molecule has 11 heteroatoms. The first-order chi connectivity index (χ1) is 13.2. The molecule has 2 unspecified atom stereocenters. The monoisotopic (exact) mass is 463 g/mol. The standard InChI is InChI=1S/C11H12Cl3NO3S.C6H4N2O/c12-7-3-8(13)10(9(14)4-7)19(18)15-2-1-11(17,5-15)6-16;7-3-5-1-2-6(9)4-8-5/h3-4,16-17H,1-2,5-6H2;1-2,4,9H. The van der Waals surface area contributed by atoms with Crippen LogP contribution in [0.15, 0.2) is 35.4 Å². The molecule has 0 aliphatic carbocycles. The van der Waals surface area contributed by atoms with Crippen molar-refractivity contribution in [2.24, 2.45) is 0 Å². The molecule has 1 aromatic carbocycles. The summed E-state index contributed by atoms with van der Waals surface area (Å²) in [6.45, 7) is 0.118. The van der Waals surface area contributed by atoms with Crippen LogP contribution in [0.2, 0.25) is 15.1 Å². The van der Waals surface area contributed by atoms with Gasteiger partial charge in [0.15, 0.2) is 0 Å². The number of hydrogen-bond donors (Lipinski definition) is 3. The minimum absolute atomic E-state index is 0.0778. The summed E-state index contributed by atoms with van der Waals surface area (Å²) in [5.74, 6) is 0.0778. The van der Waals surface area contributed by atoms with Crippen molar-refractivity contribution in [3.05, 3.63) is 51.2 Å². The number of benzene rings is 1. The zero-order chi connectivity index (χ0) is 20.9. The molecule has 3 rings (SSSR count). The topological polar surface area (TPSA) is 118 Å². The molecule has 2 atom stereocenters. The Hall–Kier alpha value is -1.44. The Balaban J connectivity index is 0.000000261. The fraction of sp³-hybridized carbons (Fsp3) is 0.294.